The summed E-state index contributed by atoms with van der Waals surface area (Å²) in [7, 11) is 0. The van der Waals surface area contributed by atoms with E-state index in [2.05, 4.69) is 30.5 Å². The van der Waals surface area contributed by atoms with E-state index in [9.17, 15) is 8.78 Å². The maximum Gasteiger partial charge on any atom is 0.248 e. The van der Waals surface area contributed by atoms with Crippen LogP contribution in [0.2, 0.25) is 0 Å². The number of nitrogens with one attached hydrogen (secondary N) is 1. The summed E-state index contributed by atoms with van der Waals surface area (Å²) in [6.45, 7) is 6.09. The fourth-order valence-corrected chi connectivity index (χ4v) is 3.55. The number of rotatable bonds is 3. The van der Waals surface area contributed by atoms with Gasteiger partial charge in [-0.05, 0) is 18.8 Å². The van der Waals surface area contributed by atoms with Crippen LogP contribution in [0.4, 0.5) is 8.78 Å². The van der Waals surface area contributed by atoms with Gasteiger partial charge in [0.1, 0.15) is 0 Å². The summed E-state index contributed by atoms with van der Waals surface area (Å²) in [5.74, 6) is -1.90. The zero-order valence-corrected chi connectivity index (χ0v) is 12.2. The molecule has 1 aromatic heterocycles. The van der Waals surface area contributed by atoms with Crippen molar-refractivity contribution < 1.29 is 8.78 Å². The van der Waals surface area contributed by atoms with E-state index in [1.165, 1.54) is 0 Å². The van der Waals surface area contributed by atoms with Crippen LogP contribution in [0.3, 0.4) is 0 Å². The smallest absolute Gasteiger partial charge is 0.248 e. The lowest BCUT2D eigenvalue weighted by molar-refractivity contribution is -0.0955. The Morgan fingerprint density at radius 3 is 2.60 bits per heavy atom. The monoisotopic (exact) mass is 283 g/mol. The number of aromatic nitrogens is 2. The van der Waals surface area contributed by atoms with Crippen LogP contribution in [0.15, 0.2) is 12.4 Å². The summed E-state index contributed by atoms with van der Waals surface area (Å²) in [6.07, 6.45) is 5.27. The number of halogens is 2. The van der Waals surface area contributed by atoms with Crippen molar-refractivity contribution in [2.45, 2.75) is 58.0 Å². The fraction of sp³-hybridized carbons (Fsp3) is 0.800. The third kappa shape index (κ3) is 2.48. The van der Waals surface area contributed by atoms with E-state index < -0.39 is 5.92 Å². The Kier molecular flexibility index (Phi) is 3.35. The summed E-state index contributed by atoms with van der Waals surface area (Å²) in [5.41, 5.74) is 1.19. The summed E-state index contributed by atoms with van der Waals surface area (Å²) in [6, 6.07) is 0.208. The molecule has 5 heteroatoms. The van der Waals surface area contributed by atoms with Crippen LogP contribution in [0, 0.1) is 11.3 Å². The van der Waals surface area contributed by atoms with Crippen LogP contribution in [0.5, 0.6) is 0 Å². The Morgan fingerprint density at radius 1 is 1.35 bits per heavy atom. The number of alkyl halides is 2. The van der Waals surface area contributed by atoms with Crippen LogP contribution >= 0.6 is 0 Å². The van der Waals surface area contributed by atoms with Crippen LogP contribution in [0.1, 0.15) is 51.1 Å². The van der Waals surface area contributed by atoms with Gasteiger partial charge in [-0.15, -0.1) is 0 Å². The quantitative estimate of drug-likeness (QED) is 0.921. The van der Waals surface area contributed by atoms with E-state index in [-0.39, 0.29) is 24.3 Å². The molecule has 1 atom stereocenters. The Bertz CT molecular complexity index is 471. The molecule has 2 aliphatic rings. The summed E-state index contributed by atoms with van der Waals surface area (Å²) in [4.78, 5) is 0. The Labute approximate surface area is 118 Å². The summed E-state index contributed by atoms with van der Waals surface area (Å²) >= 11 is 0. The SMILES string of the molecule is CC(C)Cn1cc([C@H]2NCC23CCC(F)(F)CC3)cn1. The van der Waals surface area contributed by atoms with Crippen molar-refractivity contribution >= 4 is 0 Å². The molecule has 1 N–H and O–H groups in total. The molecule has 0 aromatic carbocycles. The van der Waals surface area contributed by atoms with Crippen molar-refractivity contribution in [2.75, 3.05) is 6.54 Å². The Hall–Kier alpha value is -0.970. The minimum absolute atomic E-state index is 0.0330. The molecule has 1 aliphatic heterocycles. The van der Waals surface area contributed by atoms with Crippen molar-refractivity contribution in [3.63, 3.8) is 0 Å². The van der Waals surface area contributed by atoms with Gasteiger partial charge in [0, 0.05) is 49.1 Å². The molecule has 1 saturated carbocycles. The van der Waals surface area contributed by atoms with Gasteiger partial charge in [0.15, 0.2) is 0 Å². The first-order valence-corrected chi connectivity index (χ1v) is 7.54. The highest BCUT2D eigenvalue weighted by atomic mass is 19.3. The molecular formula is C15H23F2N3. The minimum Gasteiger partial charge on any atom is -0.309 e. The van der Waals surface area contributed by atoms with Gasteiger partial charge in [0.25, 0.3) is 0 Å². The van der Waals surface area contributed by atoms with Crippen LogP contribution in [-0.4, -0.2) is 22.2 Å². The largest absolute Gasteiger partial charge is 0.309 e. The molecule has 0 bridgehead atoms. The van der Waals surface area contributed by atoms with E-state index in [1.807, 2.05) is 10.9 Å². The molecule has 1 saturated heterocycles. The molecule has 0 amide bonds. The molecular weight excluding hydrogens is 260 g/mol. The Balaban J connectivity index is 1.70. The molecule has 1 aliphatic carbocycles. The second-order valence-corrected chi connectivity index (χ2v) is 6.92. The topological polar surface area (TPSA) is 29.9 Å². The predicted octanol–water partition coefficient (Wildman–Crippen LogP) is 3.38. The highest BCUT2D eigenvalue weighted by Crippen LogP contribution is 2.54. The van der Waals surface area contributed by atoms with Gasteiger partial charge in [-0.1, -0.05) is 13.8 Å². The van der Waals surface area contributed by atoms with Gasteiger partial charge < -0.3 is 5.32 Å². The highest BCUT2D eigenvalue weighted by molar-refractivity contribution is 5.21. The molecule has 2 fully saturated rings. The maximum atomic E-state index is 13.3. The van der Waals surface area contributed by atoms with Gasteiger partial charge in [0.05, 0.1) is 6.20 Å². The van der Waals surface area contributed by atoms with Crippen LogP contribution < -0.4 is 5.32 Å². The average molecular weight is 283 g/mol. The normalized spacial score (nSPS) is 27.8. The molecule has 0 radical (unpaired) electrons. The van der Waals surface area contributed by atoms with Crippen molar-refractivity contribution in [1.29, 1.82) is 0 Å². The van der Waals surface area contributed by atoms with E-state index in [4.69, 9.17) is 0 Å². The lowest BCUT2D eigenvalue weighted by Gasteiger charge is -2.53. The van der Waals surface area contributed by atoms with Gasteiger partial charge in [-0.3, -0.25) is 4.68 Å². The van der Waals surface area contributed by atoms with Crippen molar-refractivity contribution in [3.8, 4) is 0 Å². The highest BCUT2D eigenvalue weighted by Gasteiger charge is 2.52. The predicted molar refractivity (Wildman–Crippen MR) is 73.7 cm³/mol. The first-order valence-electron chi connectivity index (χ1n) is 7.54. The first kappa shape index (κ1) is 14.0. The third-order valence-electron chi connectivity index (χ3n) is 4.79. The molecule has 2 heterocycles. The lowest BCUT2D eigenvalue weighted by atomic mass is 9.62. The second-order valence-electron chi connectivity index (χ2n) is 6.92. The maximum absolute atomic E-state index is 13.3. The molecule has 3 nitrogen and oxygen atoms in total. The van der Waals surface area contributed by atoms with Gasteiger partial charge in [-0.2, -0.15) is 5.10 Å². The lowest BCUT2D eigenvalue weighted by Crippen LogP contribution is -2.58. The number of hydrogen-bond donors (Lipinski definition) is 1. The summed E-state index contributed by atoms with van der Waals surface area (Å²) < 4.78 is 28.7. The zero-order valence-electron chi connectivity index (χ0n) is 12.2. The van der Waals surface area contributed by atoms with Crippen molar-refractivity contribution in [3.05, 3.63) is 18.0 Å². The van der Waals surface area contributed by atoms with Crippen LogP contribution in [-0.2, 0) is 6.54 Å². The van der Waals surface area contributed by atoms with Crippen LogP contribution in [0.25, 0.3) is 0 Å². The molecule has 112 valence electrons. The van der Waals surface area contributed by atoms with E-state index in [0.29, 0.717) is 18.8 Å². The van der Waals surface area contributed by atoms with Gasteiger partial charge in [-0.25, -0.2) is 8.78 Å². The molecule has 20 heavy (non-hydrogen) atoms. The first-order chi connectivity index (χ1) is 9.40. The fourth-order valence-electron chi connectivity index (χ4n) is 3.55. The standard InChI is InChI=1S/C15H23F2N3/c1-11(2)8-20-9-12(7-19-20)13-14(10-18-13)3-5-15(16,17)6-4-14/h7,9,11,13,18H,3-6,8,10H2,1-2H3/t13-/m1/s1. The van der Waals surface area contributed by atoms with Gasteiger partial charge in [0.2, 0.25) is 5.92 Å². The zero-order chi connectivity index (χ0) is 14.4. The van der Waals surface area contributed by atoms with Crippen molar-refractivity contribution in [1.82, 2.24) is 15.1 Å². The molecule has 1 spiro atoms. The van der Waals surface area contributed by atoms with Crippen molar-refractivity contribution in [2.24, 2.45) is 11.3 Å². The second kappa shape index (κ2) is 4.79. The van der Waals surface area contributed by atoms with E-state index in [1.54, 1.807) is 0 Å². The average Bonchev–Trinajstić information content (AvgIpc) is 2.75. The molecule has 0 unspecified atom stereocenters. The molecule has 1 aromatic rings. The van der Waals surface area contributed by atoms with E-state index >= 15 is 0 Å². The van der Waals surface area contributed by atoms with E-state index in [0.717, 1.165) is 18.7 Å². The number of hydrogen-bond acceptors (Lipinski definition) is 2. The number of nitrogens with zero attached hydrogens (tertiary/aromatic N) is 2. The molecule has 3 rings (SSSR count). The third-order valence-corrected chi connectivity index (χ3v) is 4.79. The summed E-state index contributed by atoms with van der Waals surface area (Å²) in [5, 5.41) is 7.81. The minimum atomic E-state index is -2.45. The Morgan fingerprint density at radius 2 is 2.05 bits per heavy atom. The van der Waals surface area contributed by atoms with Gasteiger partial charge >= 0.3 is 0 Å².